The topological polar surface area (TPSA) is 120 Å². The number of alkyl carbamates (subject to hydrolysis) is 1. The monoisotopic (exact) mass is 387 g/mol. The molecule has 10 heteroatoms. The molecule has 0 saturated carbocycles. The van der Waals surface area contributed by atoms with Crippen LogP contribution in [0.4, 0.5) is 4.79 Å². The standard InChI is InChI=1S/C16H22NO8P/c1-4-5-10-24-15(20)17-13(14(18)19)11-6-8-12(9-7-11)25-16(22-2,23-3)26-21/h6-9,13H,4-5,10H2,1-3H3,(H,17,20)(H,18,19). The Kier molecular flexibility index (Phi) is 8.98. The van der Waals surface area contributed by atoms with Crippen molar-refractivity contribution in [1.82, 2.24) is 5.32 Å². The molecule has 0 radical (unpaired) electrons. The van der Waals surface area contributed by atoms with E-state index in [2.05, 4.69) is 5.32 Å². The first kappa shape index (κ1) is 21.8. The van der Waals surface area contributed by atoms with Gasteiger partial charge in [-0.2, -0.15) is 0 Å². The van der Waals surface area contributed by atoms with Crippen molar-refractivity contribution in [3.05, 3.63) is 29.8 Å². The fourth-order valence-electron chi connectivity index (χ4n) is 1.89. The van der Waals surface area contributed by atoms with Crippen LogP contribution in [0.2, 0.25) is 0 Å². The molecule has 1 unspecified atom stereocenters. The van der Waals surface area contributed by atoms with Gasteiger partial charge in [0.25, 0.3) is 8.46 Å². The molecule has 1 rings (SSSR count). The van der Waals surface area contributed by atoms with Gasteiger partial charge in [0.05, 0.1) is 6.61 Å². The summed E-state index contributed by atoms with van der Waals surface area (Å²) in [5.41, 5.74) is -1.49. The molecule has 0 aliphatic carbocycles. The van der Waals surface area contributed by atoms with Crippen LogP contribution in [-0.2, 0) is 23.6 Å². The Balaban J connectivity index is 2.83. The fraction of sp³-hybridized carbons (Fsp3) is 0.500. The molecule has 0 saturated heterocycles. The first-order valence-corrected chi connectivity index (χ1v) is 8.62. The first-order valence-electron chi connectivity index (χ1n) is 7.81. The Morgan fingerprint density at radius 3 is 2.31 bits per heavy atom. The normalized spacial score (nSPS) is 12.4. The largest absolute Gasteiger partial charge is 0.479 e. The lowest BCUT2D eigenvalue weighted by Gasteiger charge is -2.24. The van der Waals surface area contributed by atoms with Crippen LogP contribution in [0.25, 0.3) is 0 Å². The molecule has 1 amide bonds. The number of amides is 1. The Morgan fingerprint density at radius 1 is 1.23 bits per heavy atom. The molecule has 1 atom stereocenters. The average molecular weight is 387 g/mol. The van der Waals surface area contributed by atoms with E-state index < -0.39 is 32.3 Å². The van der Waals surface area contributed by atoms with Gasteiger partial charge in [0.15, 0.2) is 6.04 Å². The summed E-state index contributed by atoms with van der Waals surface area (Å²) in [6.45, 7) is 2.16. The van der Waals surface area contributed by atoms with Gasteiger partial charge in [-0.05, 0) is 24.1 Å². The number of carbonyl (C=O) groups excluding carboxylic acids is 1. The van der Waals surface area contributed by atoms with E-state index in [4.69, 9.17) is 18.9 Å². The number of rotatable bonds is 11. The third-order valence-electron chi connectivity index (χ3n) is 3.33. The van der Waals surface area contributed by atoms with Crippen LogP contribution >= 0.6 is 8.46 Å². The smallest absolute Gasteiger partial charge is 0.412 e. The minimum Gasteiger partial charge on any atom is -0.479 e. The number of ether oxygens (including phenoxy) is 4. The minimum atomic E-state index is -1.80. The molecule has 0 aromatic heterocycles. The van der Waals surface area contributed by atoms with Crippen LogP contribution in [0.3, 0.4) is 0 Å². The predicted octanol–water partition coefficient (Wildman–Crippen LogP) is 2.91. The highest BCUT2D eigenvalue weighted by molar-refractivity contribution is 7.25. The number of carboxylic acids is 1. The molecule has 0 spiro atoms. The van der Waals surface area contributed by atoms with Crippen LogP contribution in [0.5, 0.6) is 5.75 Å². The highest BCUT2D eigenvalue weighted by atomic mass is 31.1. The Labute approximate surface area is 152 Å². The quantitative estimate of drug-likeness (QED) is 0.338. The van der Waals surface area contributed by atoms with Crippen LogP contribution in [0.1, 0.15) is 31.4 Å². The third kappa shape index (κ3) is 6.25. The zero-order valence-corrected chi connectivity index (χ0v) is 15.7. The summed E-state index contributed by atoms with van der Waals surface area (Å²) in [4.78, 5) is 23.1. The number of carboxylic acid groups (broad SMARTS) is 1. The highest BCUT2D eigenvalue weighted by Gasteiger charge is 2.34. The summed E-state index contributed by atoms with van der Waals surface area (Å²) in [5.74, 6) is -1.01. The molecule has 0 fully saturated rings. The number of benzene rings is 1. The number of hydrogen-bond donors (Lipinski definition) is 2. The maximum atomic E-state index is 11.7. The van der Waals surface area contributed by atoms with Crippen molar-refractivity contribution >= 4 is 20.5 Å². The zero-order chi connectivity index (χ0) is 19.6. The maximum absolute atomic E-state index is 11.7. The second-order valence-electron chi connectivity index (χ2n) is 5.10. The molecule has 1 aromatic carbocycles. The molecule has 0 bridgehead atoms. The number of unbranched alkanes of at least 4 members (excludes halogenated alkanes) is 1. The molecule has 2 N–H and O–H groups in total. The van der Waals surface area contributed by atoms with Gasteiger partial charge in [0.1, 0.15) is 5.75 Å². The van der Waals surface area contributed by atoms with Crippen molar-refractivity contribution in [1.29, 1.82) is 0 Å². The zero-order valence-electron chi connectivity index (χ0n) is 14.8. The molecule has 0 aliphatic rings. The second kappa shape index (κ2) is 10.7. The van der Waals surface area contributed by atoms with Gasteiger partial charge < -0.3 is 29.4 Å². The summed E-state index contributed by atoms with van der Waals surface area (Å²) in [7, 11) is 1.98. The van der Waals surface area contributed by atoms with E-state index in [1.165, 1.54) is 38.5 Å². The summed E-state index contributed by atoms with van der Waals surface area (Å²) in [6.07, 6.45) is 0.732. The van der Waals surface area contributed by atoms with E-state index in [0.29, 0.717) is 12.0 Å². The number of hydrogen-bond acceptors (Lipinski definition) is 7. The van der Waals surface area contributed by atoms with Crippen molar-refractivity contribution in [3.63, 3.8) is 0 Å². The Bertz CT molecular complexity index is 603. The van der Waals surface area contributed by atoms with Crippen molar-refractivity contribution in [2.75, 3.05) is 20.8 Å². The van der Waals surface area contributed by atoms with Gasteiger partial charge in [-0.15, -0.1) is 0 Å². The molecule has 0 aliphatic heterocycles. The highest BCUT2D eigenvalue weighted by Crippen LogP contribution is 2.30. The Morgan fingerprint density at radius 2 is 1.85 bits per heavy atom. The van der Waals surface area contributed by atoms with Crippen molar-refractivity contribution in [2.24, 2.45) is 0 Å². The lowest BCUT2D eigenvalue weighted by atomic mass is 10.1. The maximum Gasteiger partial charge on any atom is 0.412 e. The van der Waals surface area contributed by atoms with Gasteiger partial charge in [-0.3, -0.25) is 4.57 Å². The molecule has 0 heterocycles. The van der Waals surface area contributed by atoms with Crippen LogP contribution in [-0.4, -0.2) is 43.7 Å². The molecule has 144 valence electrons. The number of methoxy groups -OCH3 is 2. The van der Waals surface area contributed by atoms with E-state index in [1.807, 2.05) is 6.92 Å². The van der Waals surface area contributed by atoms with Gasteiger partial charge in [-0.25, -0.2) is 9.59 Å². The van der Waals surface area contributed by atoms with Gasteiger partial charge in [0, 0.05) is 14.2 Å². The molecule has 26 heavy (non-hydrogen) atoms. The third-order valence-corrected chi connectivity index (χ3v) is 4.01. The molecular formula is C16H22NO8P. The lowest BCUT2D eigenvalue weighted by molar-refractivity contribution is -0.255. The summed E-state index contributed by atoms with van der Waals surface area (Å²) in [5, 5.41) is 11.6. The second-order valence-corrected chi connectivity index (χ2v) is 5.83. The van der Waals surface area contributed by atoms with Crippen molar-refractivity contribution < 1.29 is 38.2 Å². The van der Waals surface area contributed by atoms with Crippen molar-refractivity contribution in [3.8, 4) is 5.75 Å². The summed E-state index contributed by atoms with van der Waals surface area (Å²) < 4.78 is 31.3. The van der Waals surface area contributed by atoms with E-state index in [9.17, 15) is 19.3 Å². The number of carbonyl (C=O) groups is 2. The molecule has 1 aromatic rings. The average Bonchev–Trinajstić information content (AvgIpc) is 2.65. The number of aliphatic carboxylic acids is 1. The van der Waals surface area contributed by atoms with Gasteiger partial charge >= 0.3 is 17.8 Å². The SMILES string of the molecule is CCCCOC(=O)NC(C(=O)O)c1ccc(OC(OC)(OC)P=O)cc1. The predicted molar refractivity (Wildman–Crippen MR) is 91.2 cm³/mol. The van der Waals surface area contributed by atoms with Crippen LogP contribution < -0.4 is 10.1 Å². The van der Waals surface area contributed by atoms with E-state index in [-0.39, 0.29) is 12.4 Å². The van der Waals surface area contributed by atoms with E-state index >= 15 is 0 Å². The summed E-state index contributed by atoms with van der Waals surface area (Å²) >= 11 is 0. The van der Waals surface area contributed by atoms with Gasteiger partial charge in [0.2, 0.25) is 0 Å². The van der Waals surface area contributed by atoms with E-state index in [1.54, 1.807) is 0 Å². The lowest BCUT2D eigenvalue weighted by Crippen LogP contribution is -2.34. The fourth-order valence-corrected chi connectivity index (χ4v) is 2.19. The Hall–Kier alpha value is -2.22. The molecular weight excluding hydrogens is 365 g/mol. The van der Waals surface area contributed by atoms with Crippen molar-refractivity contribution in [2.45, 2.75) is 31.5 Å². The first-order chi connectivity index (χ1) is 12.4. The number of nitrogens with one attached hydrogen (secondary N) is 1. The minimum absolute atomic E-state index is 0.214. The van der Waals surface area contributed by atoms with Gasteiger partial charge in [-0.1, -0.05) is 25.5 Å². The van der Waals surface area contributed by atoms with E-state index in [0.717, 1.165) is 6.42 Å². The summed E-state index contributed by atoms with van der Waals surface area (Å²) in [6, 6.07) is 4.47. The molecule has 9 nitrogen and oxygen atoms in total. The van der Waals surface area contributed by atoms with Crippen LogP contribution in [0.15, 0.2) is 24.3 Å². The van der Waals surface area contributed by atoms with Crippen LogP contribution in [0, 0.1) is 0 Å².